The monoisotopic (exact) mass is 362 g/mol. The molecule has 1 aromatic rings. The lowest BCUT2D eigenvalue weighted by Gasteiger charge is -2.37. The first kappa shape index (κ1) is 18.8. The number of aliphatic hydroxyl groups excluding tert-OH is 1. The van der Waals surface area contributed by atoms with E-state index in [2.05, 4.69) is 0 Å². The average molecular weight is 362 g/mol. The van der Waals surface area contributed by atoms with Gasteiger partial charge in [-0.3, -0.25) is 9.59 Å². The maximum Gasteiger partial charge on any atom is 0.227 e. The number of amides is 2. The normalized spacial score (nSPS) is 21.9. The maximum atomic E-state index is 13.9. The van der Waals surface area contributed by atoms with E-state index in [0.29, 0.717) is 30.9 Å². The summed E-state index contributed by atoms with van der Waals surface area (Å²) in [5.74, 6) is 0.0700. The molecule has 26 heavy (non-hydrogen) atoms. The first-order valence-electron chi connectivity index (χ1n) is 9.49. The van der Waals surface area contributed by atoms with Gasteiger partial charge in [0.2, 0.25) is 11.8 Å². The molecule has 2 saturated heterocycles. The van der Waals surface area contributed by atoms with Gasteiger partial charge in [0, 0.05) is 44.8 Å². The van der Waals surface area contributed by atoms with Crippen LogP contribution in [0.5, 0.6) is 0 Å². The van der Waals surface area contributed by atoms with Crippen LogP contribution in [0.4, 0.5) is 4.39 Å². The fraction of sp³-hybridized carbons (Fsp3) is 0.600. The lowest BCUT2D eigenvalue weighted by Crippen LogP contribution is -2.48. The van der Waals surface area contributed by atoms with Crippen LogP contribution in [-0.2, 0) is 16.1 Å². The molecule has 0 saturated carbocycles. The number of halogens is 1. The molecule has 0 radical (unpaired) electrons. The molecule has 1 N–H and O–H groups in total. The minimum atomic E-state index is -0.320. The van der Waals surface area contributed by atoms with E-state index in [4.69, 9.17) is 5.11 Å². The van der Waals surface area contributed by atoms with Gasteiger partial charge in [0.1, 0.15) is 5.82 Å². The zero-order valence-electron chi connectivity index (χ0n) is 15.1. The SMILES string of the molecule is O=C1CC[C@H](C(=O)N2CCC(CCO)CC2)CN1Cc1ccccc1F. The van der Waals surface area contributed by atoms with E-state index in [9.17, 15) is 14.0 Å². The quantitative estimate of drug-likeness (QED) is 0.873. The van der Waals surface area contributed by atoms with Gasteiger partial charge in [-0.1, -0.05) is 18.2 Å². The van der Waals surface area contributed by atoms with Crippen LogP contribution in [0.1, 0.15) is 37.7 Å². The molecule has 0 aliphatic carbocycles. The number of hydrogen-bond acceptors (Lipinski definition) is 3. The van der Waals surface area contributed by atoms with Crippen LogP contribution in [0.2, 0.25) is 0 Å². The maximum absolute atomic E-state index is 13.9. The van der Waals surface area contributed by atoms with E-state index in [1.54, 1.807) is 23.1 Å². The van der Waals surface area contributed by atoms with Gasteiger partial charge in [-0.25, -0.2) is 4.39 Å². The summed E-state index contributed by atoms with van der Waals surface area (Å²) < 4.78 is 13.9. The minimum absolute atomic E-state index is 0.0149. The summed E-state index contributed by atoms with van der Waals surface area (Å²) in [6, 6.07) is 6.46. The fourth-order valence-electron chi connectivity index (χ4n) is 3.98. The van der Waals surface area contributed by atoms with Crippen LogP contribution in [0.15, 0.2) is 24.3 Å². The van der Waals surface area contributed by atoms with Crippen molar-refractivity contribution in [3.63, 3.8) is 0 Å². The second kappa shape index (κ2) is 8.62. The second-order valence-corrected chi connectivity index (χ2v) is 7.38. The Kier molecular flexibility index (Phi) is 6.25. The van der Waals surface area contributed by atoms with E-state index >= 15 is 0 Å². The molecule has 0 aromatic heterocycles. The zero-order chi connectivity index (χ0) is 18.5. The highest BCUT2D eigenvalue weighted by molar-refractivity contribution is 5.84. The van der Waals surface area contributed by atoms with Crippen molar-refractivity contribution in [1.29, 1.82) is 0 Å². The Morgan fingerprint density at radius 2 is 1.92 bits per heavy atom. The third kappa shape index (κ3) is 4.41. The molecular formula is C20H27FN2O3. The minimum Gasteiger partial charge on any atom is -0.396 e. The van der Waals surface area contributed by atoms with Crippen molar-refractivity contribution in [1.82, 2.24) is 9.80 Å². The topological polar surface area (TPSA) is 60.9 Å². The average Bonchev–Trinajstić information content (AvgIpc) is 2.65. The van der Waals surface area contributed by atoms with Crippen LogP contribution in [0.3, 0.4) is 0 Å². The van der Waals surface area contributed by atoms with E-state index in [0.717, 1.165) is 32.4 Å². The van der Waals surface area contributed by atoms with Gasteiger partial charge in [0.05, 0.1) is 5.92 Å². The van der Waals surface area contributed by atoms with Gasteiger partial charge < -0.3 is 14.9 Å². The summed E-state index contributed by atoms with van der Waals surface area (Å²) in [4.78, 5) is 28.6. The molecule has 3 rings (SSSR count). The van der Waals surface area contributed by atoms with Crippen LogP contribution in [0, 0.1) is 17.7 Å². The second-order valence-electron chi connectivity index (χ2n) is 7.38. The highest BCUT2D eigenvalue weighted by Gasteiger charge is 2.34. The zero-order valence-corrected chi connectivity index (χ0v) is 15.1. The van der Waals surface area contributed by atoms with Gasteiger partial charge in [-0.2, -0.15) is 0 Å². The predicted molar refractivity (Wildman–Crippen MR) is 95.5 cm³/mol. The Hall–Kier alpha value is -1.95. The van der Waals surface area contributed by atoms with E-state index in [1.165, 1.54) is 6.07 Å². The van der Waals surface area contributed by atoms with Crippen molar-refractivity contribution in [3.8, 4) is 0 Å². The number of aliphatic hydroxyl groups is 1. The summed E-state index contributed by atoms with van der Waals surface area (Å²) in [5, 5.41) is 9.05. The van der Waals surface area contributed by atoms with Crippen molar-refractivity contribution < 1.29 is 19.1 Å². The van der Waals surface area contributed by atoms with Gasteiger partial charge in [-0.05, 0) is 37.7 Å². The van der Waals surface area contributed by atoms with Crippen molar-refractivity contribution >= 4 is 11.8 Å². The van der Waals surface area contributed by atoms with Crippen LogP contribution >= 0.6 is 0 Å². The van der Waals surface area contributed by atoms with Gasteiger partial charge in [0.25, 0.3) is 0 Å². The fourth-order valence-corrected chi connectivity index (χ4v) is 3.98. The Morgan fingerprint density at radius 1 is 1.19 bits per heavy atom. The van der Waals surface area contributed by atoms with Crippen molar-refractivity contribution in [2.24, 2.45) is 11.8 Å². The number of carbonyl (C=O) groups is 2. The molecule has 2 aliphatic rings. The Labute approximate surface area is 153 Å². The van der Waals surface area contributed by atoms with E-state index in [1.807, 2.05) is 4.90 Å². The first-order valence-corrected chi connectivity index (χ1v) is 9.49. The number of rotatable bonds is 5. The molecule has 2 aliphatic heterocycles. The largest absolute Gasteiger partial charge is 0.396 e. The summed E-state index contributed by atoms with van der Waals surface area (Å²) in [6.07, 6.45) is 3.57. The number of nitrogens with zero attached hydrogens (tertiary/aromatic N) is 2. The molecule has 142 valence electrons. The lowest BCUT2D eigenvalue weighted by atomic mass is 9.91. The van der Waals surface area contributed by atoms with Crippen LogP contribution in [-0.4, -0.2) is 53.0 Å². The van der Waals surface area contributed by atoms with E-state index < -0.39 is 0 Å². The molecule has 5 nitrogen and oxygen atoms in total. The van der Waals surface area contributed by atoms with Gasteiger partial charge >= 0.3 is 0 Å². The predicted octanol–water partition coefficient (Wildman–Crippen LogP) is 2.19. The highest BCUT2D eigenvalue weighted by atomic mass is 19.1. The van der Waals surface area contributed by atoms with Crippen LogP contribution in [0.25, 0.3) is 0 Å². The molecule has 0 bridgehead atoms. The third-order valence-electron chi connectivity index (χ3n) is 5.63. The summed E-state index contributed by atoms with van der Waals surface area (Å²) in [7, 11) is 0. The van der Waals surface area contributed by atoms with Gasteiger partial charge in [-0.15, -0.1) is 0 Å². The molecule has 0 spiro atoms. The lowest BCUT2D eigenvalue weighted by molar-refractivity contribution is -0.144. The number of carbonyl (C=O) groups excluding carboxylic acids is 2. The highest BCUT2D eigenvalue weighted by Crippen LogP contribution is 2.26. The van der Waals surface area contributed by atoms with Crippen molar-refractivity contribution in [3.05, 3.63) is 35.6 Å². The summed E-state index contributed by atoms with van der Waals surface area (Å²) >= 11 is 0. The molecule has 6 heteroatoms. The first-order chi connectivity index (χ1) is 12.6. The van der Waals surface area contributed by atoms with Gasteiger partial charge in [0.15, 0.2) is 0 Å². The molecule has 1 aromatic carbocycles. The van der Waals surface area contributed by atoms with Crippen molar-refractivity contribution in [2.75, 3.05) is 26.2 Å². The molecule has 2 fully saturated rings. The Morgan fingerprint density at radius 3 is 2.62 bits per heavy atom. The summed E-state index contributed by atoms with van der Waals surface area (Å²) in [6.45, 7) is 2.23. The molecule has 2 amide bonds. The molecular weight excluding hydrogens is 335 g/mol. The standard InChI is InChI=1S/C20H27FN2O3/c21-18-4-2-1-3-16(18)13-23-14-17(5-6-19(23)25)20(26)22-10-7-15(8-11-22)9-12-24/h1-4,15,17,24H,5-14H2/t17-/m0/s1. The number of piperidine rings is 2. The molecule has 1 atom stereocenters. The number of benzene rings is 1. The Balaban J connectivity index is 1.58. The van der Waals surface area contributed by atoms with Crippen LogP contribution < -0.4 is 0 Å². The van der Waals surface area contributed by atoms with E-state index in [-0.39, 0.29) is 36.7 Å². The number of likely N-dealkylation sites (tertiary alicyclic amines) is 2. The smallest absolute Gasteiger partial charge is 0.227 e. The third-order valence-corrected chi connectivity index (χ3v) is 5.63. The van der Waals surface area contributed by atoms with Crippen molar-refractivity contribution in [2.45, 2.75) is 38.6 Å². The molecule has 0 unspecified atom stereocenters. The number of hydrogen-bond donors (Lipinski definition) is 1. The Bertz CT molecular complexity index is 644. The molecule has 2 heterocycles. The summed E-state index contributed by atoms with van der Waals surface area (Å²) in [5.41, 5.74) is 0.485.